The molecule has 21 heavy (non-hydrogen) atoms. The van der Waals surface area contributed by atoms with Crippen molar-refractivity contribution in [3.8, 4) is 0 Å². The highest BCUT2D eigenvalue weighted by molar-refractivity contribution is 5.72. The first kappa shape index (κ1) is 13.9. The molecule has 3 saturated heterocycles. The van der Waals surface area contributed by atoms with Crippen LogP contribution in [0, 0.1) is 16.7 Å². The minimum atomic E-state index is -1.76. The predicted molar refractivity (Wildman–Crippen MR) is 69.9 cm³/mol. The molecule has 2 bridgehead atoms. The molecular formula is C15H22O6. The maximum absolute atomic E-state index is 12.1. The second-order valence-corrected chi connectivity index (χ2v) is 7.85. The SMILES string of the molecule is C[C@@H]1C[C@H](O)[C@@]23O[C@@]4(O)C[C@@]12CC(=O)OC[C@@]3(C)[C@]4(C)O. The summed E-state index contributed by atoms with van der Waals surface area (Å²) >= 11 is 0. The average molecular weight is 298 g/mol. The first-order chi connectivity index (χ1) is 9.56. The van der Waals surface area contributed by atoms with Crippen LogP contribution in [0.15, 0.2) is 0 Å². The van der Waals surface area contributed by atoms with Gasteiger partial charge in [-0.3, -0.25) is 4.79 Å². The lowest BCUT2D eigenvalue weighted by atomic mass is 9.47. The predicted octanol–water partition coefficient (Wildman–Crippen LogP) is -0.0610. The van der Waals surface area contributed by atoms with Gasteiger partial charge in [-0.2, -0.15) is 0 Å². The largest absolute Gasteiger partial charge is 0.465 e. The highest BCUT2D eigenvalue weighted by Gasteiger charge is 2.91. The monoisotopic (exact) mass is 298 g/mol. The third kappa shape index (κ3) is 1.05. The summed E-state index contributed by atoms with van der Waals surface area (Å²) in [5.41, 5.74) is -4.49. The van der Waals surface area contributed by atoms with Gasteiger partial charge in [0.25, 0.3) is 0 Å². The van der Waals surface area contributed by atoms with Gasteiger partial charge < -0.3 is 24.8 Å². The van der Waals surface area contributed by atoms with Gasteiger partial charge >= 0.3 is 5.97 Å². The van der Waals surface area contributed by atoms with Gasteiger partial charge in [0.05, 0.1) is 17.9 Å². The van der Waals surface area contributed by atoms with Gasteiger partial charge in [0.15, 0.2) is 5.79 Å². The van der Waals surface area contributed by atoms with Crippen LogP contribution in [0.5, 0.6) is 0 Å². The number of ether oxygens (including phenoxy) is 2. The number of fused-ring (bicyclic) bond motifs is 1. The number of hydrogen-bond acceptors (Lipinski definition) is 6. The fourth-order valence-corrected chi connectivity index (χ4v) is 5.87. The number of carbonyl (C=O) groups excluding carboxylic acids is 1. The van der Waals surface area contributed by atoms with Crippen LogP contribution >= 0.6 is 0 Å². The van der Waals surface area contributed by atoms with Crippen LogP contribution in [-0.2, 0) is 14.3 Å². The molecule has 3 aliphatic heterocycles. The van der Waals surface area contributed by atoms with Gasteiger partial charge in [-0.05, 0) is 19.3 Å². The summed E-state index contributed by atoms with van der Waals surface area (Å²) in [6.45, 7) is 5.17. The van der Waals surface area contributed by atoms with E-state index in [1.54, 1.807) is 6.92 Å². The number of rotatable bonds is 0. The van der Waals surface area contributed by atoms with E-state index in [1.807, 2.05) is 6.92 Å². The van der Waals surface area contributed by atoms with Gasteiger partial charge in [0, 0.05) is 11.8 Å². The van der Waals surface area contributed by atoms with Crippen molar-refractivity contribution < 1.29 is 29.6 Å². The molecule has 0 radical (unpaired) electrons. The molecule has 1 spiro atoms. The summed E-state index contributed by atoms with van der Waals surface area (Å²) in [7, 11) is 0. The maximum atomic E-state index is 12.1. The Kier molecular flexibility index (Phi) is 2.19. The summed E-state index contributed by atoms with van der Waals surface area (Å²) in [6.07, 6.45) is -0.0838. The Bertz CT molecular complexity index is 546. The minimum absolute atomic E-state index is 0.00241. The second kappa shape index (κ2) is 3.30. The Labute approximate surface area is 123 Å². The van der Waals surface area contributed by atoms with Gasteiger partial charge in [0.1, 0.15) is 17.8 Å². The Morgan fingerprint density at radius 2 is 1.95 bits per heavy atom. The molecule has 0 unspecified atom stereocenters. The van der Waals surface area contributed by atoms with Crippen LogP contribution in [0.3, 0.4) is 0 Å². The standard InChI is InChI=1S/C15H22O6/c1-8-4-9(16)15-11(2)7-20-10(17)5-13(8,15)6-14(19,21-15)12(11,3)18/h8-9,16,18-19H,4-7H2,1-3H3/t8-,9+,11+,12+,13+,14+,15+/m1/s1. The summed E-state index contributed by atoms with van der Waals surface area (Å²) < 4.78 is 11.3. The summed E-state index contributed by atoms with van der Waals surface area (Å²) in [6, 6.07) is 0. The second-order valence-electron chi connectivity index (χ2n) is 7.85. The van der Waals surface area contributed by atoms with E-state index in [2.05, 4.69) is 0 Å². The topological polar surface area (TPSA) is 96.2 Å². The fourth-order valence-electron chi connectivity index (χ4n) is 5.87. The van der Waals surface area contributed by atoms with E-state index in [9.17, 15) is 20.1 Å². The van der Waals surface area contributed by atoms with Crippen LogP contribution in [0.1, 0.15) is 40.0 Å². The molecule has 0 aromatic carbocycles. The maximum Gasteiger partial charge on any atom is 0.306 e. The van der Waals surface area contributed by atoms with Crippen molar-refractivity contribution >= 4 is 5.97 Å². The van der Waals surface area contributed by atoms with Crippen LogP contribution in [0.25, 0.3) is 0 Å². The van der Waals surface area contributed by atoms with E-state index < -0.39 is 33.9 Å². The van der Waals surface area contributed by atoms with Gasteiger partial charge in [-0.25, -0.2) is 0 Å². The number of esters is 1. The molecule has 3 heterocycles. The van der Waals surface area contributed by atoms with Gasteiger partial charge in [-0.15, -0.1) is 0 Å². The lowest BCUT2D eigenvalue weighted by molar-refractivity contribution is -0.258. The van der Waals surface area contributed by atoms with Crippen molar-refractivity contribution in [3.05, 3.63) is 0 Å². The molecule has 4 rings (SSSR count). The first-order valence-corrected chi connectivity index (χ1v) is 7.55. The number of cyclic esters (lactones) is 1. The van der Waals surface area contributed by atoms with E-state index in [1.165, 1.54) is 6.92 Å². The molecule has 0 aromatic rings. The van der Waals surface area contributed by atoms with Crippen molar-refractivity contribution in [1.82, 2.24) is 0 Å². The van der Waals surface area contributed by atoms with Crippen molar-refractivity contribution in [2.24, 2.45) is 16.7 Å². The molecular weight excluding hydrogens is 276 g/mol. The average Bonchev–Trinajstić information content (AvgIpc) is 2.78. The van der Waals surface area contributed by atoms with Crippen molar-refractivity contribution in [2.45, 2.75) is 63.1 Å². The molecule has 6 heteroatoms. The summed E-state index contributed by atoms with van der Waals surface area (Å²) in [5, 5.41) is 32.7. The normalized spacial score (nSPS) is 65.1. The van der Waals surface area contributed by atoms with Gasteiger partial charge in [-0.1, -0.05) is 13.8 Å². The molecule has 6 nitrogen and oxygen atoms in total. The molecule has 4 aliphatic rings. The smallest absolute Gasteiger partial charge is 0.306 e. The summed E-state index contributed by atoms with van der Waals surface area (Å²) in [4.78, 5) is 12.1. The van der Waals surface area contributed by atoms with Crippen LogP contribution < -0.4 is 0 Å². The van der Waals surface area contributed by atoms with Crippen LogP contribution in [0.2, 0.25) is 0 Å². The van der Waals surface area contributed by atoms with Crippen molar-refractivity contribution in [1.29, 1.82) is 0 Å². The molecule has 7 atom stereocenters. The van der Waals surface area contributed by atoms with Crippen molar-refractivity contribution in [3.63, 3.8) is 0 Å². The fraction of sp³-hybridized carbons (Fsp3) is 0.933. The lowest BCUT2D eigenvalue weighted by Gasteiger charge is -2.55. The molecule has 0 amide bonds. The molecule has 3 N–H and O–H groups in total. The Balaban J connectivity index is 2.05. The molecule has 1 saturated carbocycles. The Morgan fingerprint density at radius 1 is 1.29 bits per heavy atom. The summed E-state index contributed by atoms with van der Waals surface area (Å²) in [5.74, 6) is -2.11. The van der Waals surface area contributed by atoms with E-state index in [4.69, 9.17) is 9.47 Å². The zero-order valence-corrected chi connectivity index (χ0v) is 12.5. The zero-order chi connectivity index (χ0) is 15.5. The number of aliphatic hydroxyl groups excluding tert-OH is 1. The lowest BCUT2D eigenvalue weighted by Crippen LogP contribution is -2.70. The Hall–Kier alpha value is -0.690. The Morgan fingerprint density at radius 3 is 2.62 bits per heavy atom. The van der Waals surface area contributed by atoms with Gasteiger partial charge in [0.2, 0.25) is 0 Å². The number of hydrogen-bond donors (Lipinski definition) is 3. The van der Waals surface area contributed by atoms with Crippen LogP contribution in [-0.4, -0.2) is 51.0 Å². The number of aliphatic hydroxyl groups is 3. The van der Waals surface area contributed by atoms with Crippen LogP contribution in [0.4, 0.5) is 0 Å². The quantitative estimate of drug-likeness (QED) is 0.542. The third-order valence-electron chi connectivity index (χ3n) is 7.25. The molecule has 0 aromatic heterocycles. The molecule has 4 fully saturated rings. The first-order valence-electron chi connectivity index (χ1n) is 7.55. The van der Waals surface area contributed by atoms with E-state index in [0.29, 0.717) is 6.42 Å². The minimum Gasteiger partial charge on any atom is -0.465 e. The van der Waals surface area contributed by atoms with E-state index in [-0.39, 0.29) is 31.3 Å². The van der Waals surface area contributed by atoms with Crippen molar-refractivity contribution in [2.75, 3.05) is 6.61 Å². The van der Waals surface area contributed by atoms with E-state index >= 15 is 0 Å². The third-order valence-corrected chi connectivity index (χ3v) is 7.25. The molecule has 1 aliphatic carbocycles. The van der Waals surface area contributed by atoms with E-state index in [0.717, 1.165) is 0 Å². The zero-order valence-electron chi connectivity index (χ0n) is 12.5. The molecule has 118 valence electrons. The highest BCUT2D eigenvalue weighted by Crippen LogP contribution is 2.79. The number of carbonyl (C=O) groups is 1. The highest BCUT2D eigenvalue weighted by atomic mass is 16.7.